The van der Waals surface area contributed by atoms with E-state index in [0.717, 1.165) is 5.69 Å². The van der Waals surface area contributed by atoms with Crippen LogP contribution in [0.15, 0.2) is 18.5 Å². The predicted molar refractivity (Wildman–Crippen MR) is 66.9 cm³/mol. The maximum absolute atomic E-state index is 10.4. The third-order valence-corrected chi connectivity index (χ3v) is 3.14. The Labute approximate surface area is 101 Å². The molecular weight excluding hydrogens is 218 g/mol. The number of likely N-dealkylation sites (N-methyl/N-ethyl adjacent to an activating group) is 1. The molecule has 94 valence electrons. The van der Waals surface area contributed by atoms with E-state index in [1.165, 1.54) is 0 Å². The Kier molecular flexibility index (Phi) is 3.49. The second kappa shape index (κ2) is 4.89. The zero-order valence-corrected chi connectivity index (χ0v) is 10.1. The van der Waals surface area contributed by atoms with Gasteiger partial charge in [0.05, 0.1) is 23.2 Å². The second-order valence-electron chi connectivity index (χ2n) is 4.67. The van der Waals surface area contributed by atoms with E-state index in [1.807, 2.05) is 18.0 Å². The van der Waals surface area contributed by atoms with Gasteiger partial charge in [-0.3, -0.25) is 4.98 Å². The van der Waals surface area contributed by atoms with Gasteiger partial charge in [-0.25, -0.2) is 0 Å². The minimum atomic E-state index is -0.669. The molecule has 3 N–H and O–H groups in total. The summed E-state index contributed by atoms with van der Waals surface area (Å²) in [7, 11) is 1.93. The van der Waals surface area contributed by atoms with Crippen LogP contribution < -0.4 is 10.6 Å². The predicted octanol–water partition coefficient (Wildman–Crippen LogP) is 0.641. The first-order valence-electron chi connectivity index (χ1n) is 5.81. The average molecular weight is 237 g/mol. The number of anilines is 2. The maximum atomic E-state index is 10.4. The molecule has 0 unspecified atom stereocenters. The van der Waals surface area contributed by atoms with Gasteiger partial charge in [0.15, 0.2) is 0 Å². The molecule has 0 bridgehead atoms. The van der Waals surface area contributed by atoms with Gasteiger partial charge in [0.2, 0.25) is 0 Å². The van der Waals surface area contributed by atoms with Crippen LogP contribution in [0.2, 0.25) is 0 Å². The number of hydrogen-bond acceptors (Lipinski definition) is 5. The SMILES string of the molecule is CN(CC1(O)CCOCC1)c1cncc(N)c1. The molecule has 1 aliphatic rings. The number of hydrogen-bond donors (Lipinski definition) is 2. The van der Waals surface area contributed by atoms with Gasteiger partial charge < -0.3 is 20.5 Å². The highest BCUT2D eigenvalue weighted by molar-refractivity contribution is 5.52. The van der Waals surface area contributed by atoms with Gasteiger partial charge in [0, 0.05) is 45.8 Å². The van der Waals surface area contributed by atoms with Crippen molar-refractivity contribution >= 4 is 11.4 Å². The number of aliphatic hydroxyl groups is 1. The van der Waals surface area contributed by atoms with Crippen LogP contribution in [0, 0.1) is 0 Å². The van der Waals surface area contributed by atoms with Crippen LogP contribution in [0.4, 0.5) is 11.4 Å². The van der Waals surface area contributed by atoms with Crippen molar-refractivity contribution in [1.29, 1.82) is 0 Å². The van der Waals surface area contributed by atoms with Crippen molar-refractivity contribution in [2.24, 2.45) is 0 Å². The van der Waals surface area contributed by atoms with Crippen LogP contribution in [-0.2, 0) is 4.74 Å². The number of aromatic nitrogens is 1. The van der Waals surface area contributed by atoms with Crippen molar-refractivity contribution in [2.75, 3.05) is 37.4 Å². The van der Waals surface area contributed by atoms with Crippen LogP contribution in [0.3, 0.4) is 0 Å². The fourth-order valence-electron chi connectivity index (χ4n) is 2.10. The molecule has 2 rings (SSSR count). The Morgan fingerprint density at radius 1 is 1.47 bits per heavy atom. The zero-order valence-electron chi connectivity index (χ0n) is 10.1. The number of rotatable bonds is 3. The van der Waals surface area contributed by atoms with E-state index in [2.05, 4.69) is 4.98 Å². The van der Waals surface area contributed by atoms with Gasteiger partial charge in [0.1, 0.15) is 0 Å². The van der Waals surface area contributed by atoms with Gasteiger partial charge in [0.25, 0.3) is 0 Å². The van der Waals surface area contributed by atoms with Crippen LogP contribution in [0.1, 0.15) is 12.8 Å². The lowest BCUT2D eigenvalue weighted by atomic mass is 9.94. The van der Waals surface area contributed by atoms with E-state index in [0.29, 0.717) is 38.3 Å². The van der Waals surface area contributed by atoms with E-state index >= 15 is 0 Å². The lowest BCUT2D eigenvalue weighted by Crippen LogP contribution is -2.45. The summed E-state index contributed by atoms with van der Waals surface area (Å²) in [6.45, 7) is 1.82. The number of pyridine rings is 1. The summed E-state index contributed by atoms with van der Waals surface area (Å²) in [5.74, 6) is 0. The summed E-state index contributed by atoms with van der Waals surface area (Å²) in [5, 5.41) is 10.4. The third-order valence-electron chi connectivity index (χ3n) is 3.14. The summed E-state index contributed by atoms with van der Waals surface area (Å²) >= 11 is 0. The van der Waals surface area contributed by atoms with Gasteiger partial charge >= 0.3 is 0 Å². The van der Waals surface area contributed by atoms with Crippen molar-refractivity contribution in [2.45, 2.75) is 18.4 Å². The topological polar surface area (TPSA) is 71.6 Å². The molecule has 5 heteroatoms. The molecule has 0 aromatic carbocycles. The standard InChI is InChI=1S/C12H19N3O2/c1-15(11-6-10(13)7-14-8-11)9-12(16)2-4-17-5-3-12/h6-8,16H,2-5,9,13H2,1H3. The summed E-state index contributed by atoms with van der Waals surface area (Å²) in [6.07, 6.45) is 4.71. The Hall–Kier alpha value is -1.33. The highest BCUT2D eigenvalue weighted by Crippen LogP contribution is 2.24. The normalized spacial score (nSPS) is 18.9. The smallest absolute Gasteiger partial charge is 0.0865 e. The molecule has 0 aliphatic carbocycles. The number of ether oxygens (including phenoxy) is 1. The highest BCUT2D eigenvalue weighted by Gasteiger charge is 2.31. The first-order chi connectivity index (χ1) is 8.09. The molecule has 17 heavy (non-hydrogen) atoms. The summed E-state index contributed by atoms with van der Waals surface area (Å²) in [4.78, 5) is 6.03. The van der Waals surface area contributed by atoms with E-state index < -0.39 is 5.60 Å². The van der Waals surface area contributed by atoms with Crippen molar-refractivity contribution in [3.8, 4) is 0 Å². The van der Waals surface area contributed by atoms with Gasteiger partial charge in [-0.15, -0.1) is 0 Å². The Morgan fingerprint density at radius 3 is 2.82 bits per heavy atom. The van der Waals surface area contributed by atoms with E-state index in [4.69, 9.17) is 10.5 Å². The fourth-order valence-corrected chi connectivity index (χ4v) is 2.10. The summed E-state index contributed by atoms with van der Waals surface area (Å²) in [6, 6.07) is 1.86. The fraction of sp³-hybridized carbons (Fsp3) is 0.583. The number of nitrogen functional groups attached to an aromatic ring is 1. The van der Waals surface area contributed by atoms with Crippen molar-refractivity contribution in [3.05, 3.63) is 18.5 Å². The Balaban J connectivity index is 2.03. The molecule has 1 fully saturated rings. The molecular formula is C12H19N3O2. The Morgan fingerprint density at radius 2 is 2.18 bits per heavy atom. The molecule has 0 radical (unpaired) electrons. The monoisotopic (exact) mass is 237 g/mol. The maximum Gasteiger partial charge on any atom is 0.0865 e. The second-order valence-corrected chi connectivity index (χ2v) is 4.67. The molecule has 5 nitrogen and oxygen atoms in total. The molecule has 1 aliphatic heterocycles. The molecule has 0 atom stereocenters. The minimum Gasteiger partial charge on any atom is -0.397 e. The van der Waals surface area contributed by atoms with Gasteiger partial charge in [-0.2, -0.15) is 0 Å². The van der Waals surface area contributed by atoms with Crippen LogP contribution >= 0.6 is 0 Å². The third kappa shape index (κ3) is 3.08. The van der Waals surface area contributed by atoms with E-state index in [9.17, 15) is 5.11 Å². The zero-order chi connectivity index (χ0) is 12.3. The first-order valence-corrected chi connectivity index (χ1v) is 5.81. The van der Waals surface area contributed by atoms with Gasteiger partial charge in [-0.1, -0.05) is 0 Å². The Bertz CT molecular complexity index is 378. The van der Waals surface area contributed by atoms with Gasteiger partial charge in [-0.05, 0) is 6.07 Å². The highest BCUT2D eigenvalue weighted by atomic mass is 16.5. The lowest BCUT2D eigenvalue weighted by molar-refractivity contribution is -0.0572. The number of nitrogens with zero attached hydrogens (tertiary/aromatic N) is 2. The molecule has 0 amide bonds. The molecule has 2 heterocycles. The quantitative estimate of drug-likeness (QED) is 0.807. The molecule has 1 saturated heterocycles. The van der Waals surface area contributed by atoms with Crippen LogP contribution in [-0.4, -0.2) is 42.5 Å². The van der Waals surface area contributed by atoms with E-state index in [1.54, 1.807) is 12.4 Å². The average Bonchev–Trinajstić information content (AvgIpc) is 2.29. The molecule has 0 saturated carbocycles. The largest absolute Gasteiger partial charge is 0.397 e. The van der Waals surface area contributed by atoms with Crippen LogP contribution in [0.25, 0.3) is 0 Å². The van der Waals surface area contributed by atoms with Crippen molar-refractivity contribution in [3.63, 3.8) is 0 Å². The molecule has 0 spiro atoms. The lowest BCUT2D eigenvalue weighted by Gasteiger charge is -2.36. The summed E-state index contributed by atoms with van der Waals surface area (Å²) in [5.41, 5.74) is 6.58. The summed E-state index contributed by atoms with van der Waals surface area (Å²) < 4.78 is 5.26. The molecule has 1 aromatic heterocycles. The van der Waals surface area contributed by atoms with Crippen molar-refractivity contribution in [1.82, 2.24) is 4.98 Å². The minimum absolute atomic E-state index is 0.571. The first kappa shape index (κ1) is 12.1. The van der Waals surface area contributed by atoms with E-state index in [-0.39, 0.29) is 0 Å². The number of nitrogens with two attached hydrogens (primary N) is 1. The molecule has 1 aromatic rings. The van der Waals surface area contributed by atoms with Crippen LogP contribution in [0.5, 0.6) is 0 Å². The van der Waals surface area contributed by atoms with Crippen molar-refractivity contribution < 1.29 is 9.84 Å².